The summed E-state index contributed by atoms with van der Waals surface area (Å²) in [5, 5.41) is 6.31. The minimum Gasteiger partial charge on any atom is -0.461 e. The van der Waals surface area contributed by atoms with Gasteiger partial charge in [0, 0.05) is 6.54 Å². The number of hydrogen-bond donors (Lipinski definition) is 1. The first-order valence-corrected chi connectivity index (χ1v) is 8.92. The second-order valence-electron chi connectivity index (χ2n) is 6.02. The number of amides is 1. The Morgan fingerprint density at radius 3 is 2.68 bits per heavy atom. The molecule has 28 heavy (non-hydrogen) atoms. The van der Waals surface area contributed by atoms with Crippen LogP contribution in [-0.4, -0.2) is 33.2 Å². The van der Waals surface area contributed by atoms with Crippen molar-refractivity contribution in [1.29, 1.82) is 0 Å². The van der Waals surface area contributed by atoms with Gasteiger partial charge in [0.25, 0.3) is 11.3 Å². The van der Waals surface area contributed by atoms with Gasteiger partial charge in [-0.25, -0.2) is 9.78 Å². The molecule has 0 unspecified atom stereocenters. The standard InChI is InChI=1S/C19H20N4O5/c1-3-13(16(24)20-10-12-8-6-5-7-9-12)23-11-21-17-14(18(23)25)15(22-28-17)19(26)27-4-2/h5-9,11,13H,3-4,10H2,1-2H3,(H,20,24)/t13-/m1/s1. The van der Waals surface area contributed by atoms with E-state index in [1.54, 1.807) is 13.8 Å². The number of carbonyl (C=O) groups is 2. The molecule has 1 amide bonds. The molecule has 1 atom stereocenters. The third kappa shape index (κ3) is 3.78. The molecule has 0 aliphatic rings. The fourth-order valence-electron chi connectivity index (χ4n) is 2.83. The Morgan fingerprint density at radius 2 is 2.00 bits per heavy atom. The highest BCUT2D eigenvalue weighted by Gasteiger charge is 2.26. The van der Waals surface area contributed by atoms with Gasteiger partial charge in [0.2, 0.25) is 11.6 Å². The van der Waals surface area contributed by atoms with Gasteiger partial charge in [0.15, 0.2) is 0 Å². The predicted octanol–water partition coefficient (Wildman–Crippen LogP) is 1.83. The Hall–Kier alpha value is -3.49. The van der Waals surface area contributed by atoms with Crippen molar-refractivity contribution < 1.29 is 18.8 Å². The van der Waals surface area contributed by atoms with Crippen LogP contribution in [0.3, 0.4) is 0 Å². The van der Waals surface area contributed by atoms with Crippen LogP contribution in [0.25, 0.3) is 11.1 Å². The zero-order chi connectivity index (χ0) is 20.1. The van der Waals surface area contributed by atoms with Crippen LogP contribution >= 0.6 is 0 Å². The summed E-state index contributed by atoms with van der Waals surface area (Å²) in [5.41, 5.74) is 0.0263. The minimum atomic E-state index is -0.793. The summed E-state index contributed by atoms with van der Waals surface area (Å²) in [6, 6.07) is 8.64. The Labute approximate surface area is 160 Å². The number of nitrogens with zero attached hydrogens (tertiary/aromatic N) is 3. The number of ether oxygens (including phenoxy) is 1. The summed E-state index contributed by atoms with van der Waals surface area (Å²) in [4.78, 5) is 41.6. The highest BCUT2D eigenvalue weighted by Crippen LogP contribution is 2.16. The number of fused-ring (bicyclic) bond motifs is 1. The van der Waals surface area contributed by atoms with Crippen LogP contribution in [-0.2, 0) is 16.1 Å². The van der Waals surface area contributed by atoms with E-state index in [0.29, 0.717) is 13.0 Å². The van der Waals surface area contributed by atoms with Gasteiger partial charge in [0.1, 0.15) is 17.8 Å². The highest BCUT2D eigenvalue weighted by molar-refractivity contribution is 5.99. The maximum atomic E-state index is 12.9. The minimum absolute atomic E-state index is 0.0798. The highest BCUT2D eigenvalue weighted by atomic mass is 16.5. The average Bonchev–Trinajstić information content (AvgIpc) is 3.15. The Bertz CT molecular complexity index is 1040. The quantitative estimate of drug-likeness (QED) is 0.618. The molecule has 0 spiro atoms. The zero-order valence-electron chi connectivity index (χ0n) is 15.5. The lowest BCUT2D eigenvalue weighted by Crippen LogP contribution is -2.37. The third-order valence-corrected chi connectivity index (χ3v) is 4.23. The summed E-state index contributed by atoms with van der Waals surface area (Å²) in [6.07, 6.45) is 1.58. The average molecular weight is 384 g/mol. The van der Waals surface area contributed by atoms with Gasteiger partial charge >= 0.3 is 5.97 Å². The van der Waals surface area contributed by atoms with Gasteiger partial charge in [-0.2, -0.15) is 0 Å². The first kappa shape index (κ1) is 19.3. The third-order valence-electron chi connectivity index (χ3n) is 4.23. The van der Waals surface area contributed by atoms with E-state index in [1.807, 2.05) is 30.3 Å². The molecule has 0 bridgehead atoms. The van der Waals surface area contributed by atoms with Gasteiger partial charge in [0.05, 0.1) is 6.61 Å². The molecule has 9 heteroatoms. The van der Waals surface area contributed by atoms with Crippen molar-refractivity contribution >= 4 is 23.0 Å². The molecule has 0 aliphatic heterocycles. The second-order valence-corrected chi connectivity index (χ2v) is 6.02. The number of carbonyl (C=O) groups excluding carboxylic acids is 2. The van der Waals surface area contributed by atoms with Crippen LogP contribution in [0.2, 0.25) is 0 Å². The summed E-state index contributed by atoms with van der Waals surface area (Å²) in [6.45, 7) is 3.88. The second kappa shape index (κ2) is 8.47. The molecule has 0 aliphatic carbocycles. The fraction of sp³-hybridized carbons (Fsp3) is 0.316. The summed E-state index contributed by atoms with van der Waals surface area (Å²) < 4.78 is 11.0. The maximum absolute atomic E-state index is 12.9. The van der Waals surface area contributed by atoms with Crippen molar-refractivity contribution in [2.45, 2.75) is 32.9 Å². The molecule has 2 aromatic heterocycles. The van der Waals surface area contributed by atoms with Gasteiger partial charge in [-0.15, -0.1) is 0 Å². The fourth-order valence-corrected chi connectivity index (χ4v) is 2.83. The smallest absolute Gasteiger partial charge is 0.361 e. The van der Waals surface area contributed by atoms with Gasteiger partial charge < -0.3 is 14.6 Å². The summed E-state index contributed by atoms with van der Waals surface area (Å²) >= 11 is 0. The van der Waals surface area contributed by atoms with Crippen molar-refractivity contribution in [1.82, 2.24) is 20.0 Å². The Morgan fingerprint density at radius 1 is 1.25 bits per heavy atom. The molecule has 146 valence electrons. The topological polar surface area (TPSA) is 116 Å². The summed E-state index contributed by atoms with van der Waals surface area (Å²) in [5.74, 6) is -1.11. The van der Waals surface area contributed by atoms with Gasteiger partial charge in [-0.05, 0) is 18.9 Å². The monoisotopic (exact) mass is 384 g/mol. The number of nitrogens with one attached hydrogen (secondary N) is 1. The Balaban J connectivity index is 1.90. The van der Waals surface area contributed by atoms with Crippen molar-refractivity contribution in [3.05, 3.63) is 58.3 Å². The van der Waals surface area contributed by atoms with E-state index >= 15 is 0 Å². The molecule has 1 aromatic carbocycles. The van der Waals surface area contributed by atoms with E-state index in [1.165, 1.54) is 10.9 Å². The molecule has 0 fully saturated rings. The van der Waals surface area contributed by atoms with Crippen LogP contribution in [0.4, 0.5) is 0 Å². The molecule has 3 rings (SSSR count). The Kier molecular flexibility index (Phi) is 5.83. The van der Waals surface area contributed by atoms with Crippen LogP contribution in [0.1, 0.15) is 42.4 Å². The zero-order valence-corrected chi connectivity index (χ0v) is 15.5. The molecule has 0 radical (unpaired) electrons. The molecule has 3 aromatic rings. The SMILES string of the molecule is CCOC(=O)c1noc2ncn([C@H](CC)C(=O)NCc3ccccc3)c(=O)c12. The number of rotatable bonds is 7. The number of esters is 1. The van der Waals surface area contributed by atoms with Crippen LogP contribution < -0.4 is 10.9 Å². The van der Waals surface area contributed by atoms with Crippen LogP contribution in [0.5, 0.6) is 0 Å². The van der Waals surface area contributed by atoms with E-state index in [0.717, 1.165) is 5.56 Å². The van der Waals surface area contributed by atoms with E-state index in [4.69, 9.17) is 9.26 Å². The van der Waals surface area contributed by atoms with Crippen molar-refractivity contribution in [3.63, 3.8) is 0 Å². The van der Waals surface area contributed by atoms with Crippen molar-refractivity contribution in [2.24, 2.45) is 0 Å². The lowest BCUT2D eigenvalue weighted by atomic mass is 10.1. The molecular formula is C19H20N4O5. The molecule has 9 nitrogen and oxygen atoms in total. The maximum Gasteiger partial charge on any atom is 0.361 e. The van der Waals surface area contributed by atoms with Crippen LogP contribution in [0, 0.1) is 0 Å². The summed E-state index contributed by atoms with van der Waals surface area (Å²) in [7, 11) is 0. The first-order valence-electron chi connectivity index (χ1n) is 8.92. The predicted molar refractivity (Wildman–Crippen MR) is 99.6 cm³/mol. The molecule has 2 heterocycles. The normalized spacial score (nSPS) is 11.9. The van der Waals surface area contributed by atoms with Gasteiger partial charge in [-0.1, -0.05) is 42.4 Å². The number of aromatic nitrogens is 3. The van der Waals surface area contributed by atoms with Crippen molar-refractivity contribution in [3.8, 4) is 0 Å². The number of benzene rings is 1. The molecule has 0 saturated heterocycles. The van der Waals surface area contributed by atoms with E-state index in [2.05, 4.69) is 15.5 Å². The molecule has 0 saturated carbocycles. The molecular weight excluding hydrogens is 364 g/mol. The van der Waals surface area contributed by atoms with E-state index < -0.39 is 17.6 Å². The van der Waals surface area contributed by atoms with E-state index in [-0.39, 0.29) is 29.3 Å². The number of hydrogen-bond acceptors (Lipinski definition) is 7. The first-order chi connectivity index (χ1) is 13.6. The largest absolute Gasteiger partial charge is 0.461 e. The molecule has 1 N–H and O–H groups in total. The lowest BCUT2D eigenvalue weighted by molar-refractivity contribution is -0.124. The van der Waals surface area contributed by atoms with E-state index in [9.17, 15) is 14.4 Å². The lowest BCUT2D eigenvalue weighted by Gasteiger charge is -2.17. The van der Waals surface area contributed by atoms with Gasteiger partial charge in [-0.3, -0.25) is 14.2 Å². The van der Waals surface area contributed by atoms with Crippen LogP contribution in [0.15, 0.2) is 46.0 Å². The van der Waals surface area contributed by atoms with Crippen molar-refractivity contribution in [2.75, 3.05) is 6.61 Å².